The normalized spacial score (nSPS) is 17.6. The molecule has 0 bridgehead atoms. The quantitative estimate of drug-likeness (QED) is 0.725. The fraction of sp³-hybridized carbons (Fsp3) is 0.533. The lowest BCUT2D eigenvalue weighted by Gasteiger charge is -2.36. The minimum Gasteiger partial charge on any atom is -0.478 e. The highest BCUT2D eigenvalue weighted by atomic mass is 32.2. The molecule has 0 unspecified atom stereocenters. The number of carboxylic acid groups (broad SMARTS) is 1. The summed E-state index contributed by atoms with van der Waals surface area (Å²) < 4.78 is 0.221. The van der Waals surface area contributed by atoms with E-state index in [1.165, 1.54) is 32.1 Å². The number of nitrogens with one attached hydrogen (secondary N) is 1. The summed E-state index contributed by atoms with van der Waals surface area (Å²) in [5.74, 6) is -0.922. The number of rotatable bonds is 5. The number of carboxylic acids is 1. The summed E-state index contributed by atoms with van der Waals surface area (Å²) in [7, 11) is 0. The molecule has 1 aromatic rings. The minimum atomic E-state index is -0.922. The van der Waals surface area contributed by atoms with Gasteiger partial charge in [0.2, 0.25) is 0 Å². The fourth-order valence-corrected chi connectivity index (χ4v) is 3.71. The van der Waals surface area contributed by atoms with Crippen molar-refractivity contribution in [2.24, 2.45) is 0 Å². The lowest BCUT2D eigenvalue weighted by Crippen LogP contribution is -2.35. The molecule has 5 heteroatoms. The van der Waals surface area contributed by atoms with Gasteiger partial charge in [0.1, 0.15) is 0 Å². The van der Waals surface area contributed by atoms with Gasteiger partial charge in [-0.15, -0.1) is 0 Å². The molecule has 0 aromatic heterocycles. The van der Waals surface area contributed by atoms with E-state index >= 15 is 0 Å². The maximum absolute atomic E-state index is 11.2. The van der Waals surface area contributed by atoms with Crippen LogP contribution >= 0.6 is 11.8 Å². The first kappa shape index (κ1) is 15.0. The first-order valence-electron chi connectivity index (χ1n) is 6.98. The molecule has 0 radical (unpaired) electrons. The number of aromatic carboxylic acids is 1. The van der Waals surface area contributed by atoms with Crippen LogP contribution < -0.4 is 11.1 Å². The maximum atomic E-state index is 11.2. The molecule has 0 heterocycles. The molecule has 1 fully saturated rings. The van der Waals surface area contributed by atoms with Crippen molar-refractivity contribution >= 4 is 29.1 Å². The van der Waals surface area contributed by atoms with E-state index in [2.05, 4.69) is 11.6 Å². The summed E-state index contributed by atoms with van der Waals surface area (Å²) in [6.45, 7) is 0.790. The van der Waals surface area contributed by atoms with E-state index in [0.717, 1.165) is 6.54 Å². The molecule has 20 heavy (non-hydrogen) atoms. The van der Waals surface area contributed by atoms with Crippen LogP contribution in [-0.4, -0.2) is 28.6 Å². The molecule has 0 saturated heterocycles. The Morgan fingerprint density at radius 2 is 2.10 bits per heavy atom. The summed E-state index contributed by atoms with van der Waals surface area (Å²) in [4.78, 5) is 11.2. The van der Waals surface area contributed by atoms with Crippen molar-refractivity contribution in [1.29, 1.82) is 0 Å². The molecule has 0 atom stereocenters. The molecule has 0 spiro atoms. The Labute approximate surface area is 124 Å². The van der Waals surface area contributed by atoms with Gasteiger partial charge in [0.15, 0.2) is 0 Å². The number of anilines is 2. The van der Waals surface area contributed by atoms with Crippen LogP contribution in [0.3, 0.4) is 0 Å². The summed E-state index contributed by atoms with van der Waals surface area (Å²) in [5.41, 5.74) is 7.25. The predicted molar refractivity (Wildman–Crippen MR) is 85.6 cm³/mol. The Morgan fingerprint density at radius 3 is 2.70 bits per heavy atom. The highest BCUT2D eigenvalue weighted by molar-refractivity contribution is 8.00. The SMILES string of the molecule is CSC1(CNc2cc(N)ccc2C(=O)O)CCCCC1. The number of hydrogen-bond donors (Lipinski definition) is 3. The van der Waals surface area contributed by atoms with Crippen LogP contribution in [0.5, 0.6) is 0 Å². The number of carbonyl (C=O) groups is 1. The Balaban J connectivity index is 2.13. The first-order chi connectivity index (χ1) is 9.56. The average Bonchev–Trinajstić information content (AvgIpc) is 2.46. The van der Waals surface area contributed by atoms with Crippen molar-refractivity contribution in [1.82, 2.24) is 0 Å². The zero-order valence-corrected chi connectivity index (χ0v) is 12.6. The Bertz CT molecular complexity index is 485. The van der Waals surface area contributed by atoms with Gasteiger partial charge in [-0.05, 0) is 37.3 Å². The van der Waals surface area contributed by atoms with E-state index in [9.17, 15) is 9.90 Å². The standard InChI is InChI=1S/C15H22N2O2S/c1-20-15(7-3-2-4-8-15)10-17-13-9-11(16)5-6-12(13)14(18)19/h5-6,9,17H,2-4,7-8,10,16H2,1H3,(H,18,19). The molecule has 1 aliphatic carbocycles. The molecule has 4 nitrogen and oxygen atoms in total. The van der Waals surface area contributed by atoms with Crippen LogP contribution in [0.1, 0.15) is 42.5 Å². The molecule has 0 aliphatic heterocycles. The largest absolute Gasteiger partial charge is 0.478 e. The predicted octanol–water partition coefficient (Wildman–Crippen LogP) is 3.44. The monoisotopic (exact) mass is 294 g/mol. The van der Waals surface area contributed by atoms with Crippen LogP contribution in [0.2, 0.25) is 0 Å². The van der Waals surface area contributed by atoms with Crippen molar-refractivity contribution in [3.63, 3.8) is 0 Å². The van der Waals surface area contributed by atoms with Gasteiger partial charge >= 0.3 is 5.97 Å². The summed E-state index contributed by atoms with van der Waals surface area (Å²) in [6.07, 6.45) is 8.33. The number of thioether (sulfide) groups is 1. The number of hydrogen-bond acceptors (Lipinski definition) is 4. The molecule has 110 valence electrons. The number of nitrogens with two attached hydrogens (primary N) is 1. The Hall–Kier alpha value is -1.36. The number of benzene rings is 1. The number of nitrogen functional groups attached to an aromatic ring is 1. The van der Waals surface area contributed by atoms with Gasteiger partial charge < -0.3 is 16.2 Å². The van der Waals surface area contributed by atoms with E-state index in [4.69, 9.17) is 5.73 Å². The van der Waals surface area contributed by atoms with Gasteiger partial charge in [-0.1, -0.05) is 19.3 Å². The van der Waals surface area contributed by atoms with Crippen molar-refractivity contribution in [2.45, 2.75) is 36.9 Å². The molecule has 2 rings (SSSR count). The zero-order valence-electron chi connectivity index (χ0n) is 11.8. The van der Waals surface area contributed by atoms with Crippen molar-refractivity contribution < 1.29 is 9.90 Å². The molecule has 1 aromatic carbocycles. The molecule has 1 aliphatic rings. The van der Waals surface area contributed by atoms with E-state index in [0.29, 0.717) is 11.4 Å². The van der Waals surface area contributed by atoms with Crippen molar-refractivity contribution in [3.8, 4) is 0 Å². The molecule has 4 N–H and O–H groups in total. The van der Waals surface area contributed by atoms with Crippen LogP contribution in [0.4, 0.5) is 11.4 Å². The maximum Gasteiger partial charge on any atom is 0.337 e. The van der Waals surface area contributed by atoms with Crippen LogP contribution in [-0.2, 0) is 0 Å². The van der Waals surface area contributed by atoms with E-state index in [1.807, 2.05) is 11.8 Å². The van der Waals surface area contributed by atoms with Gasteiger partial charge in [0, 0.05) is 17.0 Å². The molecular formula is C15H22N2O2S. The van der Waals surface area contributed by atoms with Gasteiger partial charge in [0.05, 0.1) is 11.3 Å². The van der Waals surface area contributed by atoms with Gasteiger partial charge in [-0.3, -0.25) is 0 Å². The minimum absolute atomic E-state index is 0.221. The molecule has 0 amide bonds. The van der Waals surface area contributed by atoms with E-state index in [-0.39, 0.29) is 10.3 Å². The topological polar surface area (TPSA) is 75.3 Å². The summed E-state index contributed by atoms with van der Waals surface area (Å²) in [6, 6.07) is 4.90. The third-order valence-corrected chi connectivity index (χ3v) is 5.49. The third kappa shape index (κ3) is 3.39. The second kappa shape index (κ2) is 6.39. The van der Waals surface area contributed by atoms with Gasteiger partial charge in [-0.2, -0.15) is 11.8 Å². The lowest BCUT2D eigenvalue weighted by molar-refractivity contribution is 0.0698. The second-order valence-corrected chi connectivity index (χ2v) is 6.69. The highest BCUT2D eigenvalue weighted by Gasteiger charge is 2.31. The Kier molecular flexibility index (Phi) is 4.81. The Morgan fingerprint density at radius 1 is 1.40 bits per heavy atom. The van der Waals surface area contributed by atoms with Crippen molar-refractivity contribution in [2.75, 3.05) is 23.9 Å². The van der Waals surface area contributed by atoms with E-state index in [1.54, 1.807) is 18.2 Å². The van der Waals surface area contributed by atoms with Crippen LogP contribution in [0.25, 0.3) is 0 Å². The molecule has 1 saturated carbocycles. The van der Waals surface area contributed by atoms with Gasteiger partial charge in [0.25, 0.3) is 0 Å². The highest BCUT2D eigenvalue weighted by Crippen LogP contribution is 2.38. The molecular weight excluding hydrogens is 272 g/mol. The summed E-state index contributed by atoms with van der Waals surface area (Å²) >= 11 is 1.89. The van der Waals surface area contributed by atoms with Crippen LogP contribution in [0.15, 0.2) is 18.2 Å². The average molecular weight is 294 g/mol. The fourth-order valence-electron chi connectivity index (χ4n) is 2.80. The third-order valence-electron chi connectivity index (χ3n) is 4.07. The first-order valence-corrected chi connectivity index (χ1v) is 8.21. The van der Waals surface area contributed by atoms with E-state index < -0.39 is 5.97 Å². The van der Waals surface area contributed by atoms with Gasteiger partial charge in [-0.25, -0.2) is 4.79 Å². The second-order valence-electron chi connectivity index (χ2n) is 5.41. The summed E-state index contributed by atoms with van der Waals surface area (Å²) in [5, 5.41) is 12.5. The lowest BCUT2D eigenvalue weighted by atomic mass is 9.88. The smallest absolute Gasteiger partial charge is 0.337 e. The zero-order chi connectivity index (χ0) is 14.6. The van der Waals surface area contributed by atoms with Crippen LogP contribution in [0, 0.1) is 0 Å². The van der Waals surface area contributed by atoms with Crippen molar-refractivity contribution in [3.05, 3.63) is 23.8 Å².